The fraction of sp³-hybridized carbons (Fsp3) is 1.00. The van der Waals surface area contributed by atoms with Crippen LogP contribution in [0, 0.1) is 0 Å². The summed E-state index contributed by atoms with van der Waals surface area (Å²) >= 11 is 0. The zero-order chi connectivity index (χ0) is 24.4. The molecule has 0 bridgehead atoms. The minimum absolute atomic E-state index is 0.191. The van der Waals surface area contributed by atoms with Gasteiger partial charge in [0.25, 0.3) is 0 Å². The van der Waals surface area contributed by atoms with Gasteiger partial charge in [0.05, 0.1) is 25.9 Å². The Bertz CT molecular complexity index is 607. The van der Waals surface area contributed by atoms with Gasteiger partial charge in [0.15, 0.2) is 18.9 Å². The van der Waals surface area contributed by atoms with Gasteiger partial charge in [-0.05, 0) is 0 Å². The summed E-state index contributed by atoms with van der Waals surface area (Å²) in [5, 5.41) is 98.8. The topological polar surface area (TPSA) is 248 Å². The van der Waals surface area contributed by atoms with E-state index in [0.29, 0.717) is 0 Å². The molecule has 3 fully saturated rings. The zero-order valence-electron chi connectivity index (χ0n) is 17.4. The van der Waals surface area contributed by atoms with Crippen LogP contribution in [-0.4, -0.2) is 157 Å². The van der Waals surface area contributed by atoms with Crippen molar-refractivity contribution in [1.29, 1.82) is 0 Å². The normalized spacial score (nSPS) is 51.5. The van der Waals surface area contributed by atoms with Gasteiger partial charge in [0.2, 0.25) is 0 Å². The highest BCUT2D eigenvalue weighted by molar-refractivity contribution is 4.94. The largest absolute Gasteiger partial charge is 0.394 e. The first-order chi connectivity index (χ1) is 15.6. The highest BCUT2D eigenvalue weighted by atomic mass is 16.7. The molecule has 15 nitrogen and oxygen atoms in total. The Morgan fingerprint density at radius 1 is 0.576 bits per heavy atom. The first-order valence-corrected chi connectivity index (χ1v) is 10.5. The lowest BCUT2D eigenvalue weighted by molar-refractivity contribution is -0.370. The van der Waals surface area contributed by atoms with E-state index in [-0.39, 0.29) is 6.42 Å². The van der Waals surface area contributed by atoms with E-state index in [2.05, 4.69) is 0 Å². The van der Waals surface area contributed by atoms with Gasteiger partial charge in [-0.3, -0.25) is 0 Å². The summed E-state index contributed by atoms with van der Waals surface area (Å²) in [7, 11) is 0. The average molecular weight is 488 g/mol. The van der Waals surface area contributed by atoms with Gasteiger partial charge in [-0.15, -0.1) is 0 Å². The number of rotatable bonds is 7. The Kier molecular flexibility index (Phi) is 9.35. The molecule has 0 aromatic rings. The summed E-state index contributed by atoms with van der Waals surface area (Å²) in [6.45, 7) is -2.06. The maximum Gasteiger partial charge on any atom is 0.187 e. The average Bonchev–Trinajstić information content (AvgIpc) is 2.80. The van der Waals surface area contributed by atoms with Crippen molar-refractivity contribution >= 4 is 0 Å². The summed E-state index contributed by atoms with van der Waals surface area (Å²) in [5.41, 5.74) is 0. The summed E-state index contributed by atoms with van der Waals surface area (Å²) in [6.07, 6.45) is -21.3. The fourth-order valence-corrected chi connectivity index (χ4v) is 4.01. The van der Waals surface area contributed by atoms with Crippen molar-refractivity contribution in [2.75, 3.05) is 19.8 Å². The molecule has 0 aromatic carbocycles. The second-order valence-corrected chi connectivity index (χ2v) is 8.23. The molecule has 3 saturated heterocycles. The van der Waals surface area contributed by atoms with Crippen LogP contribution in [0.2, 0.25) is 0 Å². The van der Waals surface area contributed by atoms with Crippen molar-refractivity contribution < 1.29 is 74.7 Å². The quantitative estimate of drug-likeness (QED) is 0.160. The van der Waals surface area contributed by atoms with Crippen LogP contribution in [0.1, 0.15) is 6.42 Å². The molecule has 0 amide bonds. The molecule has 0 spiro atoms. The molecule has 194 valence electrons. The third-order valence-corrected chi connectivity index (χ3v) is 5.98. The zero-order valence-corrected chi connectivity index (χ0v) is 17.4. The van der Waals surface area contributed by atoms with Crippen LogP contribution in [0.15, 0.2) is 0 Å². The summed E-state index contributed by atoms with van der Waals surface area (Å²) in [5.74, 6) is 0. The molecular formula is C18H32O15. The minimum Gasteiger partial charge on any atom is -0.394 e. The van der Waals surface area contributed by atoms with Crippen LogP contribution in [0.3, 0.4) is 0 Å². The van der Waals surface area contributed by atoms with Crippen LogP contribution < -0.4 is 0 Å². The molecule has 0 unspecified atom stereocenters. The van der Waals surface area contributed by atoms with E-state index in [0.717, 1.165) is 0 Å². The van der Waals surface area contributed by atoms with E-state index >= 15 is 0 Å². The molecule has 0 saturated carbocycles. The standard InChI is InChI=1S/C18H32O15/c19-2-7-6(1-5(22)16(28)29-7)30-17-14(27)12(25)15(9(4-21)32-17)33-18-13(26)11(24)10(23)8(3-20)31-18/h5-28H,1-4H2/t5-,6+,7-,8-,9-,10+,11+,12-,13-,14-,15+,16-,17-,18-/m1/s1. The summed E-state index contributed by atoms with van der Waals surface area (Å²) in [4.78, 5) is 0. The Morgan fingerprint density at radius 2 is 1.12 bits per heavy atom. The van der Waals surface area contributed by atoms with Crippen LogP contribution >= 0.6 is 0 Å². The van der Waals surface area contributed by atoms with Crippen molar-refractivity contribution in [1.82, 2.24) is 0 Å². The Labute approximate surface area is 187 Å². The lowest BCUT2D eigenvalue weighted by Gasteiger charge is -2.47. The number of hydrogen-bond donors (Lipinski definition) is 10. The first-order valence-electron chi connectivity index (χ1n) is 10.5. The molecule has 3 heterocycles. The van der Waals surface area contributed by atoms with E-state index in [1.54, 1.807) is 0 Å². The van der Waals surface area contributed by atoms with Crippen molar-refractivity contribution in [2.45, 2.75) is 92.4 Å². The number of aliphatic hydroxyl groups excluding tert-OH is 10. The van der Waals surface area contributed by atoms with Gasteiger partial charge in [-0.1, -0.05) is 0 Å². The molecule has 0 aliphatic carbocycles. The predicted molar refractivity (Wildman–Crippen MR) is 99.9 cm³/mol. The molecule has 0 radical (unpaired) electrons. The maximum absolute atomic E-state index is 10.6. The number of aliphatic hydroxyl groups is 10. The monoisotopic (exact) mass is 488 g/mol. The van der Waals surface area contributed by atoms with Gasteiger partial charge in [0.1, 0.15) is 61.0 Å². The van der Waals surface area contributed by atoms with Crippen LogP contribution in [0.5, 0.6) is 0 Å². The van der Waals surface area contributed by atoms with E-state index in [1.165, 1.54) is 0 Å². The highest BCUT2D eigenvalue weighted by Crippen LogP contribution is 2.31. The molecule has 3 rings (SSSR count). The van der Waals surface area contributed by atoms with Gasteiger partial charge >= 0.3 is 0 Å². The third kappa shape index (κ3) is 5.64. The number of ether oxygens (including phenoxy) is 5. The van der Waals surface area contributed by atoms with Crippen LogP contribution in [0.25, 0.3) is 0 Å². The molecule has 15 heteroatoms. The van der Waals surface area contributed by atoms with E-state index < -0.39 is 106 Å². The van der Waals surface area contributed by atoms with Gasteiger partial charge < -0.3 is 74.7 Å². The van der Waals surface area contributed by atoms with Crippen molar-refractivity contribution in [3.63, 3.8) is 0 Å². The Balaban J connectivity index is 1.69. The van der Waals surface area contributed by atoms with Crippen molar-refractivity contribution in [3.05, 3.63) is 0 Å². The van der Waals surface area contributed by atoms with Gasteiger partial charge in [-0.25, -0.2) is 0 Å². The first kappa shape index (κ1) is 27.0. The molecule has 3 aliphatic heterocycles. The van der Waals surface area contributed by atoms with Crippen LogP contribution in [0.4, 0.5) is 0 Å². The second-order valence-electron chi connectivity index (χ2n) is 8.23. The van der Waals surface area contributed by atoms with Crippen molar-refractivity contribution in [2.24, 2.45) is 0 Å². The molecule has 3 aliphatic rings. The molecule has 10 N–H and O–H groups in total. The van der Waals surface area contributed by atoms with Gasteiger partial charge in [0, 0.05) is 6.42 Å². The molecular weight excluding hydrogens is 456 g/mol. The summed E-state index contributed by atoms with van der Waals surface area (Å²) in [6, 6.07) is 0. The lowest BCUT2D eigenvalue weighted by atomic mass is 9.96. The summed E-state index contributed by atoms with van der Waals surface area (Å²) < 4.78 is 26.7. The highest BCUT2D eigenvalue weighted by Gasteiger charge is 2.51. The number of hydrogen-bond acceptors (Lipinski definition) is 15. The minimum atomic E-state index is -1.79. The Morgan fingerprint density at radius 3 is 1.73 bits per heavy atom. The van der Waals surface area contributed by atoms with E-state index in [1.807, 2.05) is 0 Å². The Hall–Kier alpha value is -0.600. The van der Waals surface area contributed by atoms with E-state index in [9.17, 15) is 51.1 Å². The van der Waals surface area contributed by atoms with E-state index in [4.69, 9.17) is 23.7 Å². The molecule has 33 heavy (non-hydrogen) atoms. The molecule has 0 aromatic heterocycles. The fourth-order valence-electron chi connectivity index (χ4n) is 4.01. The van der Waals surface area contributed by atoms with Crippen molar-refractivity contribution in [3.8, 4) is 0 Å². The van der Waals surface area contributed by atoms with Crippen LogP contribution in [-0.2, 0) is 23.7 Å². The smallest absolute Gasteiger partial charge is 0.187 e. The third-order valence-electron chi connectivity index (χ3n) is 5.98. The SMILES string of the molecule is OC[C@H]1O[C@H](O[C@@H]2[C@H](O)[C@@H](O)[C@H](O[C@H]3C[C@@H](O)[C@H](O)O[C@@H]3CO)O[C@@H]2CO)[C@H](O)[C@@H](O)[C@H]1O. The maximum atomic E-state index is 10.6. The second kappa shape index (κ2) is 11.4. The van der Waals surface area contributed by atoms with Gasteiger partial charge in [-0.2, -0.15) is 0 Å². The predicted octanol–water partition coefficient (Wildman–Crippen LogP) is -6.54. The molecule has 14 atom stereocenters. The lowest BCUT2D eigenvalue weighted by Crippen LogP contribution is -2.65.